The lowest BCUT2D eigenvalue weighted by molar-refractivity contribution is 0.102. The number of anilines is 1. The molecule has 0 aliphatic carbocycles. The van der Waals surface area contributed by atoms with Crippen molar-refractivity contribution in [2.24, 2.45) is 0 Å². The molecule has 0 bridgehead atoms. The summed E-state index contributed by atoms with van der Waals surface area (Å²) in [5.74, 6) is 2.30. The van der Waals surface area contributed by atoms with Gasteiger partial charge in [-0.05, 0) is 55.0 Å². The maximum absolute atomic E-state index is 12.7. The second-order valence-electron chi connectivity index (χ2n) is 6.46. The molecular weight excluding hydrogens is 366 g/mol. The largest absolute Gasteiger partial charge is 0.457 e. The predicted octanol–water partition coefficient (Wildman–Crippen LogP) is 5.01. The van der Waals surface area contributed by atoms with Crippen molar-refractivity contribution in [3.8, 4) is 11.5 Å². The third-order valence-corrected chi connectivity index (χ3v) is 4.27. The van der Waals surface area contributed by atoms with Crippen LogP contribution in [0.25, 0.3) is 0 Å². The van der Waals surface area contributed by atoms with Crippen molar-refractivity contribution < 1.29 is 14.1 Å². The molecule has 1 aromatic heterocycles. The Morgan fingerprint density at radius 2 is 1.62 bits per heavy atom. The molecule has 1 amide bonds. The molecule has 4 rings (SSSR count). The van der Waals surface area contributed by atoms with Crippen LogP contribution in [0.4, 0.5) is 5.69 Å². The van der Waals surface area contributed by atoms with Crippen molar-refractivity contribution in [3.63, 3.8) is 0 Å². The first kappa shape index (κ1) is 18.4. The van der Waals surface area contributed by atoms with Gasteiger partial charge in [0.05, 0.1) is 6.42 Å². The van der Waals surface area contributed by atoms with Gasteiger partial charge in [0, 0.05) is 11.3 Å². The Balaban J connectivity index is 1.45. The molecule has 0 spiro atoms. The normalized spacial score (nSPS) is 10.5. The van der Waals surface area contributed by atoms with Crippen molar-refractivity contribution in [1.82, 2.24) is 10.1 Å². The van der Waals surface area contributed by atoms with Crippen LogP contribution in [-0.4, -0.2) is 16.0 Å². The highest BCUT2D eigenvalue weighted by atomic mass is 16.5. The summed E-state index contributed by atoms with van der Waals surface area (Å²) in [4.78, 5) is 16.9. The molecule has 0 aliphatic rings. The third kappa shape index (κ3) is 4.68. The number of benzene rings is 3. The summed E-state index contributed by atoms with van der Waals surface area (Å²) in [5.41, 5.74) is 2.14. The SMILES string of the molecule is Cc1noc(Cc2ccccc2NC(=O)c2ccc(Oc3ccccc3)cc2)n1. The van der Waals surface area contributed by atoms with Gasteiger partial charge in [-0.3, -0.25) is 4.79 Å². The monoisotopic (exact) mass is 385 g/mol. The van der Waals surface area contributed by atoms with Crippen LogP contribution in [0.15, 0.2) is 83.4 Å². The summed E-state index contributed by atoms with van der Waals surface area (Å²) in [7, 11) is 0. The predicted molar refractivity (Wildman–Crippen MR) is 109 cm³/mol. The van der Waals surface area contributed by atoms with Gasteiger partial charge in [0.15, 0.2) is 5.82 Å². The minimum atomic E-state index is -0.203. The quantitative estimate of drug-likeness (QED) is 0.505. The number of aromatic nitrogens is 2. The molecule has 6 heteroatoms. The van der Waals surface area contributed by atoms with Crippen molar-refractivity contribution in [2.75, 3.05) is 5.32 Å². The van der Waals surface area contributed by atoms with Crippen LogP contribution in [0.1, 0.15) is 27.6 Å². The van der Waals surface area contributed by atoms with Crippen LogP contribution in [0.5, 0.6) is 11.5 Å². The van der Waals surface area contributed by atoms with E-state index >= 15 is 0 Å². The van der Waals surface area contributed by atoms with Gasteiger partial charge >= 0.3 is 0 Å². The van der Waals surface area contributed by atoms with Gasteiger partial charge in [0.1, 0.15) is 11.5 Å². The van der Waals surface area contributed by atoms with Gasteiger partial charge in [-0.15, -0.1) is 0 Å². The van der Waals surface area contributed by atoms with E-state index in [1.54, 1.807) is 31.2 Å². The molecule has 0 saturated carbocycles. The molecule has 0 atom stereocenters. The second kappa shape index (κ2) is 8.39. The Morgan fingerprint density at radius 3 is 2.34 bits per heavy atom. The molecule has 0 aliphatic heterocycles. The fourth-order valence-corrected chi connectivity index (χ4v) is 2.86. The van der Waals surface area contributed by atoms with E-state index in [1.165, 1.54) is 0 Å². The molecule has 0 unspecified atom stereocenters. The van der Waals surface area contributed by atoms with Gasteiger partial charge in [-0.2, -0.15) is 4.98 Å². The summed E-state index contributed by atoms with van der Waals surface area (Å²) < 4.78 is 11.0. The number of hydrogen-bond acceptors (Lipinski definition) is 5. The zero-order chi connectivity index (χ0) is 20.1. The van der Waals surface area contributed by atoms with E-state index in [0.717, 1.165) is 11.3 Å². The van der Waals surface area contributed by atoms with E-state index in [-0.39, 0.29) is 5.91 Å². The van der Waals surface area contributed by atoms with Crippen LogP contribution in [-0.2, 0) is 6.42 Å². The van der Waals surface area contributed by atoms with Crippen LogP contribution < -0.4 is 10.1 Å². The highest BCUT2D eigenvalue weighted by Crippen LogP contribution is 2.23. The average molecular weight is 385 g/mol. The van der Waals surface area contributed by atoms with E-state index in [4.69, 9.17) is 9.26 Å². The Labute approximate surface area is 168 Å². The minimum absolute atomic E-state index is 0.203. The van der Waals surface area contributed by atoms with Gasteiger partial charge in [-0.25, -0.2) is 0 Å². The number of ether oxygens (including phenoxy) is 1. The first-order valence-electron chi connectivity index (χ1n) is 9.19. The molecule has 0 radical (unpaired) electrons. The smallest absolute Gasteiger partial charge is 0.255 e. The number of nitrogens with one attached hydrogen (secondary N) is 1. The maximum Gasteiger partial charge on any atom is 0.255 e. The van der Waals surface area contributed by atoms with Gasteiger partial charge in [0.2, 0.25) is 5.89 Å². The number of para-hydroxylation sites is 2. The molecule has 6 nitrogen and oxygen atoms in total. The lowest BCUT2D eigenvalue weighted by atomic mass is 10.1. The Bertz CT molecular complexity index is 1110. The van der Waals surface area contributed by atoms with E-state index in [2.05, 4.69) is 15.5 Å². The summed E-state index contributed by atoms with van der Waals surface area (Å²) in [5, 5.41) is 6.76. The highest BCUT2D eigenvalue weighted by molar-refractivity contribution is 6.04. The summed E-state index contributed by atoms with van der Waals surface area (Å²) >= 11 is 0. The second-order valence-corrected chi connectivity index (χ2v) is 6.46. The first-order valence-corrected chi connectivity index (χ1v) is 9.19. The Morgan fingerprint density at radius 1 is 0.931 bits per heavy atom. The topological polar surface area (TPSA) is 77.2 Å². The fourth-order valence-electron chi connectivity index (χ4n) is 2.86. The number of carbonyl (C=O) groups is 1. The number of nitrogens with zero attached hydrogens (tertiary/aromatic N) is 2. The van der Waals surface area contributed by atoms with Crippen molar-refractivity contribution in [2.45, 2.75) is 13.3 Å². The average Bonchev–Trinajstić information content (AvgIpc) is 3.15. The minimum Gasteiger partial charge on any atom is -0.457 e. The molecule has 1 heterocycles. The summed E-state index contributed by atoms with van der Waals surface area (Å²) in [6.07, 6.45) is 0.446. The van der Waals surface area contributed by atoms with Gasteiger partial charge in [-0.1, -0.05) is 41.6 Å². The number of rotatable bonds is 6. The number of amides is 1. The van der Waals surface area contributed by atoms with E-state index in [1.807, 2.05) is 54.6 Å². The Kier molecular flexibility index (Phi) is 5.33. The van der Waals surface area contributed by atoms with E-state index in [0.29, 0.717) is 35.1 Å². The standard InChI is InChI=1S/C23H19N3O3/c1-16-24-22(29-26-16)15-18-7-5-6-10-21(18)25-23(27)17-11-13-20(14-12-17)28-19-8-3-2-4-9-19/h2-14H,15H2,1H3,(H,25,27). The van der Waals surface area contributed by atoms with E-state index in [9.17, 15) is 4.79 Å². The zero-order valence-corrected chi connectivity index (χ0v) is 15.8. The molecule has 29 heavy (non-hydrogen) atoms. The van der Waals surface area contributed by atoms with Crippen LogP contribution in [0.3, 0.4) is 0 Å². The maximum atomic E-state index is 12.7. The molecule has 0 saturated heterocycles. The van der Waals surface area contributed by atoms with Gasteiger partial charge < -0.3 is 14.6 Å². The molecule has 1 N–H and O–H groups in total. The molecule has 144 valence electrons. The summed E-state index contributed by atoms with van der Waals surface area (Å²) in [6.45, 7) is 1.77. The van der Waals surface area contributed by atoms with Crippen LogP contribution in [0.2, 0.25) is 0 Å². The zero-order valence-electron chi connectivity index (χ0n) is 15.8. The highest BCUT2D eigenvalue weighted by Gasteiger charge is 2.12. The number of carbonyl (C=O) groups excluding carboxylic acids is 1. The van der Waals surface area contributed by atoms with Crippen molar-refractivity contribution in [3.05, 3.63) is 102 Å². The van der Waals surface area contributed by atoms with Crippen molar-refractivity contribution in [1.29, 1.82) is 0 Å². The Hall–Kier alpha value is -3.93. The lowest BCUT2D eigenvalue weighted by Gasteiger charge is -2.10. The van der Waals surface area contributed by atoms with Crippen molar-refractivity contribution >= 4 is 11.6 Å². The van der Waals surface area contributed by atoms with Gasteiger partial charge in [0.25, 0.3) is 5.91 Å². The number of aryl methyl sites for hydroxylation is 1. The first-order chi connectivity index (χ1) is 14.2. The molecular formula is C23H19N3O3. The third-order valence-electron chi connectivity index (χ3n) is 4.27. The molecule has 4 aromatic rings. The van der Waals surface area contributed by atoms with Crippen LogP contribution >= 0.6 is 0 Å². The van der Waals surface area contributed by atoms with Crippen LogP contribution in [0, 0.1) is 6.92 Å². The summed E-state index contributed by atoms with van der Waals surface area (Å²) in [6, 6.07) is 24.1. The molecule has 3 aromatic carbocycles. The fraction of sp³-hybridized carbons (Fsp3) is 0.0870. The molecule has 0 fully saturated rings. The number of hydrogen-bond donors (Lipinski definition) is 1. The lowest BCUT2D eigenvalue weighted by Crippen LogP contribution is -2.13. The van der Waals surface area contributed by atoms with E-state index < -0.39 is 0 Å².